The van der Waals surface area contributed by atoms with Crippen molar-refractivity contribution < 1.29 is 13.5 Å². The summed E-state index contributed by atoms with van der Waals surface area (Å²) in [5.41, 5.74) is 0.919. The van der Waals surface area contributed by atoms with Crippen molar-refractivity contribution in [2.45, 2.75) is 26.4 Å². The Labute approximate surface area is 110 Å². The maximum absolute atomic E-state index is 12.7. The number of nitrogens with zero attached hydrogens (tertiary/aromatic N) is 1. The minimum absolute atomic E-state index is 0.0591. The monoisotopic (exact) mass is 266 g/mol. The zero-order chi connectivity index (χ0) is 14.0. The van der Waals surface area contributed by atoms with Gasteiger partial charge in [0.15, 0.2) is 0 Å². The van der Waals surface area contributed by atoms with Crippen LogP contribution in [-0.2, 0) is 0 Å². The molecule has 5 heteroatoms. The Balaban J connectivity index is 2.55. The highest BCUT2D eigenvalue weighted by Gasteiger charge is 2.13. The molecule has 1 aromatic heterocycles. The van der Waals surface area contributed by atoms with E-state index in [2.05, 4.69) is 10.3 Å². The highest BCUT2D eigenvalue weighted by Crippen LogP contribution is 2.30. The van der Waals surface area contributed by atoms with Crippen LogP contribution in [0.15, 0.2) is 24.3 Å². The molecule has 2 rings (SSSR count). The molecule has 2 aromatic rings. The summed E-state index contributed by atoms with van der Waals surface area (Å²) < 4.78 is 31.1. The molecule has 0 bridgehead atoms. The van der Waals surface area contributed by atoms with Gasteiger partial charge in [-0.25, -0.2) is 13.8 Å². The quantitative estimate of drug-likeness (QED) is 0.908. The smallest absolute Gasteiger partial charge is 0.280 e. The molecule has 0 saturated carbocycles. The highest BCUT2D eigenvalue weighted by atomic mass is 19.3. The molecule has 1 heterocycles. The Morgan fingerprint density at radius 3 is 2.53 bits per heavy atom. The van der Waals surface area contributed by atoms with Gasteiger partial charge in [0.1, 0.15) is 11.4 Å². The highest BCUT2D eigenvalue weighted by molar-refractivity contribution is 5.92. The number of alkyl halides is 2. The van der Waals surface area contributed by atoms with Crippen LogP contribution in [0.3, 0.4) is 0 Å². The first-order valence-corrected chi connectivity index (χ1v) is 6.08. The van der Waals surface area contributed by atoms with Crippen LogP contribution in [0.1, 0.15) is 26.0 Å². The third-order valence-electron chi connectivity index (χ3n) is 2.66. The van der Waals surface area contributed by atoms with E-state index in [1.807, 2.05) is 19.9 Å². The minimum Gasteiger partial charge on any atom is -0.491 e. The molecule has 1 aromatic carbocycles. The van der Waals surface area contributed by atoms with Crippen molar-refractivity contribution in [2.24, 2.45) is 0 Å². The number of fused-ring (bicyclic) bond motifs is 1. The number of benzene rings is 1. The van der Waals surface area contributed by atoms with Gasteiger partial charge in [0.2, 0.25) is 0 Å². The molecule has 3 nitrogen and oxygen atoms in total. The van der Waals surface area contributed by atoms with E-state index in [4.69, 9.17) is 4.74 Å². The molecule has 19 heavy (non-hydrogen) atoms. The molecule has 1 N–H and O–H groups in total. The third kappa shape index (κ3) is 2.92. The number of anilines is 1. The van der Waals surface area contributed by atoms with Crippen LogP contribution in [0.4, 0.5) is 14.5 Å². The molecular weight excluding hydrogens is 250 g/mol. The molecule has 0 aliphatic heterocycles. The van der Waals surface area contributed by atoms with Crippen LogP contribution in [0.25, 0.3) is 10.9 Å². The van der Waals surface area contributed by atoms with Gasteiger partial charge in [0.05, 0.1) is 11.6 Å². The van der Waals surface area contributed by atoms with Gasteiger partial charge in [0, 0.05) is 18.1 Å². The van der Waals surface area contributed by atoms with Gasteiger partial charge in [-0.1, -0.05) is 0 Å². The fraction of sp³-hybridized carbons (Fsp3) is 0.357. The predicted molar refractivity (Wildman–Crippen MR) is 72.0 cm³/mol. The molecule has 0 radical (unpaired) electrons. The van der Waals surface area contributed by atoms with Gasteiger partial charge >= 0.3 is 0 Å². The number of hydrogen-bond donors (Lipinski definition) is 1. The van der Waals surface area contributed by atoms with Gasteiger partial charge in [-0.2, -0.15) is 0 Å². The molecule has 102 valence electrons. The Morgan fingerprint density at radius 1 is 1.21 bits per heavy atom. The number of aromatic nitrogens is 1. The summed E-state index contributed by atoms with van der Waals surface area (Å²) in [6.45, 7) is 3.86. The lowest BCUT2D eigenvalue weighted by molar-refractivity contribution is 0.146. The normalized spacial score (nSPS) is 11.3. The van der Waals surface area contributed by atoms with E-state index in [0.29, 0.717) is 17.0 Å². The molecule has 0 saturated heterocycles. The minimum atomic E-state index is -2.58. The molecule has 0 aliphatic rings. The summed E-state index contributed by atoms with van der Waals surface area (Å²) >= 11 is 0. The van der Waals surface area contributed by atoms with Gasteiger partial charge in [-0.05, 0) is 38.1 Å². The van der Waals surface area contributed by atoms with E-state index in [0.717, 1.165) is 5.39 Å². The topological polar surface area (TPSA) is 34.2 Å². The van der Waals surface area contributed by atoms with Crippen LogP contribution in [0.2, 0.25) is 0 Å². The zero-order valence-corrected chi connectivity index (χ0v) is 11.1. The third-order valence-corrected chi connectivity index (χ3v) is 2.66. The first-order chi connectivity index (χ1) is 9.01. The Morgan fingerprint density at radius 2 is 1.95 bits per heavy atom. The summed E-state index contributed by atoms with van der Waals surface area (Å²) in [6, 6.07) is 6.61. The SMILES string of the molecule is CNc1cc(C(F)F)nc2ccc(OC(C)C)cc12. The molecule has 0 atom stereocenters. The van der Waals surface area contributed by atoms with Crippen molar-refractivity contribution in [1.29, 1.82) is 0 Å². The summed E-state index contributed by atoms with van der Waals surface area (Å²) in [5, 5.41) is 3.69. The van der Waals surface area contributed by atoms with E-state index >= 15 is 0 Å². The molecule has 0 amide bonds. The molecule has 0 spiro atoms. The predicted octanol–water partition coefficient (Wildman–Crippen LogP) is 4.00. The second kappa shape index (κ2) is 5.38. The molecule has 0 aliphatic carbocycles. The fourth-order valence-corrected chi connectivity index (χ4v) is 1.89. The van der Waals surface area contributed by atoms with Crippen LogP contribution in [0, 0.1) is 0 Å². The van der Waals surface area contributed by atoms with Crippen LogP contribution >= 0.6 is 0 Å². The standard InChI is InChI=1S/C14H16F2N2O/c1-8(2)19-9-4-5-11-10(6-9)12(17-3)7-13(18-11)14(15)16/h4-8,14H,1-3H3,(H,17,18). The first-order valence-electron chi connectivity index (χ1n) is 6.08. The zero-order valence-electron chi connectivity index (χ0n) is 11.1. The lowest BCUT2D eigenvalue weighted by Crippen LogP contribution is -2.05. The van der Waals surface area contributed by atoms with Crippen molar-refractivity contribution >= 4 is 16.6 Å². The molecular formula is C14H16F2N2O. The maximum Gasteiger partial charge on any atom is 0.280 e. The summed E-state index contributed by atoms with van der Waals surface area (Å²) in [7, 11) is 1.69. The van der Waals surface area contributed by atoms with Crippen LogP contribution in [0.5, 0.6) is 5.75 Å². The van der Waals surface area contributed by atoms with E-state index in [1.165, 1.54) is 6.07 Å². The van der Waals surface area contributed by atoms with Crippen LogP contribution < -0.4 is 10.1 Å². The second-order valence-electron chi connectivity index (χ2n) is 4.49. The summed E-state index contributed by atoms with van der Waals surface area (Å²) in [6.07, 6.45) is -2.52. The lowest BCUT2D eigenvalue weighted by Gasteiger charge is -2.13. The Kier molecular flexibility index (Phi) is 3.83. The number of pyridine rings is 1. The van der Waals surface area contributed by atoms with E-state index < -0.39 is 6.43 Å². The van der Waals surface area contributed by atoms with Gasteiger partial charge in [-0.15, -0.1) is 0 Å². The van der Waals surface area contributed by atoms with Crippen molar-refractivity contribution in [3.63, 3.8) is 0 Å². The van der Waals surface area contributed by atoms with Gasteiger partial charge in [-0.3, -0.25) is 0 Å². The van der Waals surface area contributed by atoms with Crippen molar-refractivity contribution in [3.8, 4) is 5.75 Å². The van der Waals surface area contributed by atoms with Gasteiger partial charge in [0.25, 0.3) is 6.43 Å². The molecule has 0 unspecified atom stereocenters. The van der Waals surface area contributed by atoms with Gasteiger partial charge < -0.3 is 10.1 Å². The largest absolute Gasteiger partial charge is 0.491 e. The second-order valence-corrected chi connectivity index (χ2v) is 4.49. The van der Waals surface area contributed by atoms with Crippen LogP contribution in [-0.4, -0.2) is 18.1 Å². The van der Waals surface area contributed by atoms with Crippen molar-refractivity contribution in [2.75, 3.05) is 12.4 Å². The van der Waals surface area contributed by atoms with Crippen molar-refractivity contribution in [1.82, 2.24) is 4.98 Å². The number of rotatable bonds is 4. The summed E-state index contributed by atoms with van der Waals surface area (Å²) in [5.74, 6) is 0.700. The molecule has 0 fully saturated rings. The first kappa shape index (κ1) is 13.5. The average Bonchev–Trinajstić information content (AvgIpc) is 2.36. The fourth-order valence-electron chi connectivity index (χ4n) is 1.89. The van der Waals surface area contributed by atoms with E-state index in [-0.39, 0.29) is 11.8 Å². The Bertz CT molecular complexity index is 585. The lowest BCUT2D eigenvalue weighted by atomic mass is 10.1. The average molecular weight is 266 g/mol. The number of nitrogens with one attached hydrogen (secondary N) is 1. The van der Waals surface area contributed by atoms with E-state index in [1.54, 1.807) is 19.2 Å². The van der Waals surface area contributed by atoms with Crippen molar-refractivity contribution in [3.05, 3.63) is 30.0 Å². The summed E-state index contributed by atoms with van der Waals surface area (Å²) in [4.78, 5) is 3.96. The number of hydrogen-bond acceptors (Lipinski definition) is 3. The Hall–Kier alpha value is -1.91. The van der Waals surface area contributed by atoms with E-state index in [9.17, 15) is 8.78 Å². The number of halogens is 2. The maximum atomic E-state index is 12.7. The number of ether oxygens (including phenoxy) is 1.